The average Bonchev–Trinajstić information content (AvgIpc) is 2.60. The largest absolute Gasteiger partial charge is 0.489 e. The van der Waals surface area contributed by atoms with Gasteiger partial charge in [-0.2, -0.15) is 5.26 Å². The van der Waals surface area contributed by atoms with Gasteiger partial charge in [0, 0.05) is 37.1 Å². The van der Waals surface area contributed by atoms with E-state index in [9.17, 15) is 4.79 Å². The van der Waals surface area contributed by atoms with Crippen molar-refractivity contribution in [3.8, 4) is 11.8 Å². The lowest BCUT2D eigenvalue weighted by molar-refractivity contribution is 0.0784. The van der Waals surface area contributed by atoms with E-state index in [1.165, 1.54) is 0 Å². The maximum Gasteiger partial charge on any atom is 0.253 e. The predicted molar refractivity (Wildman–Crippen MR) is 86.7 cm³/mol. The lowest BCUT2D eigenvalue weighted by Gasteiger charge is -2.18. The summed E-state index contributed by atoms with van der Waals surface area (Å²) >= 11 is 0. The van der Waals surface area contributed by atoms with Crippen molar-refractivity contribution in [1.29, 1.82) is 5.26 Å². The number of carbonyl (C=O) groups excluding carboxylic acids is 1. The van der Waals surface area contributed by atoms with Crippen LogP contribution < -0.4 is 4.74 Å². The number of hydrogen-bond acceptors (Lipinski definition) is 4. The zero-order valence-corrected chi connectivity index (χ0v) is 13.3. The molecule has 1 heterocycles. The van der Waals surface area contributed by atoms with E-state index in [0.717, 1.165) is 5.56 Å². The standard InChI is InChI=1S/C18H19N3O2/c1-14(10-19)12-21(2)18(22)16-6-3-7-17(9-16)23-13-15-5-4-8-20-11-15/h3-9,11,14H,12-13H2,1-2H3/t14-/m0/s1. The molecule has 2 rings (SSSR count). The highest BCUT2D eigenvalue weighted by molar-refractivity contribution is 5.94. The van der Waals surface area contributed by atoms with Gasteiger partial charge in [-0.25, -0.2) is 0 Å². The zero-order valence-electron chi connectivity index (χ0n) is 13.3. The Balaban J connectivity index is 2.01. The fourth-order valence-electron chi connectivity index (χ4n) is 2.12. The lowest BCUT2D eigenvalue weighted by atomic mass is 10.1. The second-order valence-corrected chi connectivity index (χ2v) is 5.39. The molecule has 1 amide bonds. The molecule has 23 heavy (non-hydrogen) atoms. The van der Waals surface area contributed by atoms with Crippen molar-refractivity contribution < 1.29 is 9.53 Å². The van der Waals surface area contributed by atoms with E-state index in [1.54, 1.807) is 49.5 Å². The molecule has 5 nitrogen and oxygen atoms in total. The van der Waals surface area contributed by atoms with Crippen LogP contribution >= 0.6 is 0 Å². The van der Waals surface area contributed by atoms with Crippen molar-refractivity contribution in [2.45, 2.75) is 13.5 Å². The Morgan fingerprint density at radius 2 is 2.22 bits per heavy atom. The zero-order chi connectivity index (χ0) is 16.7. The minimum atomic E-state index is -0.200. The Kier molecular flexibility index (Phi) is 5.70. The van der Waals surface area contributed by atoms with E-state index < -0.39 is 0 Å². The Morgan fingerprint density at radius 1 is 1.39 bits per heavy atom. The molecular formula is C18H19N3O2. The summed E-state index contributed by atoms with van der Waals surface area (Å²) in [5.74, 6) is 0.300. The van der Waals surface area contributed by atoms with Crippen LogP contribution in [0.5, 0.6) is 5.75 Å². The molecule has 0 aliphatic carbocycles. The summed E-state index contributed by atoms with van der Waals surface area (Å²) in [6, 6.07) is 13.0. The topological polar surface area (TPSA) is 66.2 Å². The molecule has 0 aliphatic rings. The third kappa shape index (κ3) is 4.82. The molecule has 1 atom stereocenters. The number of aromatic nitrogens is 1. The van der Waals surface area contributed by atoms with Gasteiger partial charge in [0.15, 0.2) is 0 Å². The first-order valence-corrected chi connectivity index (χ1v) is 7.37. The van der Waals surface area contributed by atoms with Gasteiger partial charge in [0.05, 0.1) is 12.0 Å². The minimum Gasteiger partial charge on any atom is -0.489 e. The molecule has 5 heteroatoms. The molecule has 1 aromatic carbocycles. The van der Waals surface area contributed by atoms with Gasteiger partial charge in [-0.05, 0) is 31.2 Å². The van der Waals surface area contributed by atoms with Crippen molar-refractivity contribution in [1.82, 2.24) is 9.88 Å². The van der Waals surface area contributed by atoms with Gasteiger partial charge in [-0.15, -0.1) is 0 Å². The van der Waals surface area contributed by atoms with Crippen molar-refractivity contribution in [3.05, 3.63) is 59.9 Å². The molecule has 1 aromatic heterocycles. The summed E-state index contributed by atoms with van der Waals surface area (Å²) in [5, 5.41) is 8.85. The van der Waals surface area contributed by atoms with E-state index in [2.05, 4.69) is 11.1 Å². The quantitative estimate of drug-likeness (QED) is 0.823. The van der Waals surface area contributed by atoms with Crippen molar-refractivity contribution >= 4 is 5.91 Å². The molecular weight excluding hydrogens is 290 g/mol. The second-order valence-electron chi connectivity index (χ2n) is 5.39. The van der Waals surface area contributed by atoms with Crippen LogP contribution in [0.2, 0.25) is 0 Å². The van der Waals surface area contributed by atoms with Crippen LogP contribution in [-0.4, -0.2) is 29.4 Å². The van der Waals surface area contributed by atoms with Gasteiger partial charge in [0.25, 0.3) is 5.91 Å². The first-order valence-electron chi connectivity index (χ1n) is 7.37. The fraction of sp³-hybridized carbons (Fsp3) is 0.278. The van der Waals surface area contributed by atoms with E-state index in [1.807, 2.05) is 18.2 Å². The maximum absolute atomic E-state index is 12.4. The Labute approximate surface area is 136 Å². The third-order valence-corrected chi connectivity index (χ3v) is 3.32. The van der Waals surface area contributed by atoms with Crippen LogP contribution in [0.3, 0.4) is 0 Å². The number of carbonyl (C=O) groups is 1. The lowest BCUT2D eigenvalue weighted by Crippen LogP contribution is -2.30. The first-order chi connectivity index (χ1) is 11.1. The van der Waals surface area contributed by atoms with Crippen molar-refractivity contribution in [3.63, 3.8) is 0 Å². The van der Waals surface area contributed by atoms with Crippen LogP contribution in [0.15, 0.2) is 48.8 Å². The van der Waals surface area contributed by atoms with Crippen LogP contribution in [0.4, 0.5) is 0 Å². The molecule has 2 aromatic rings. The summed E-state index contributed by atoms with van der Waals surface area (Å²) in [4.78, 5) is 18.0. The summed E-state index contributed by atoms with van der Waals surface area (Å²) in [5.41, 5.74) is 1.51. The smallest absolute Gasteiger partial charge is 0.253 e. The highest BCUT2D eigenvalue weighted by Crippen LogP contribution is 2.16. The molecule has 0 N–H and O–H groups in total. The fourth-order valence-corrected chi connectivity index (χ4v) is 2.12. The highest BCUT2D eigenvalue weighted by atomic mass is 16.5. The Hall–Kier alpha value is -2.87. The number of rotatable bonds is 6. The molecule has 118 valence electrons. The molecule has 0 spiro atoms. The van der Waals surface area contributed by atoms with Crippen LogP contribution in [0.1, 0.15) is 22.8 Å². The van der Waals surface area contributed by atoms with Gasteiger partial charge >= 0.3 is 0 Å². The van der Waals surface area contributed by atoms with Gasteiger partial charge in [-0.1, -0.05) is 12.1 Å². The molecule has 0 aliphatic heterocycles. The number of amides is 1. The monoisotopic (exact) mass is 309 g/mol. The third-order valence-electron chi connectivity index (χ3n) is 3.32. The van der Waals surface area contributed by atoms with E-state index in [0.29, 0.717) is 24.5 Å². The summed E-state index contributed by atoms with van der Waals surface area (Å²) < 4.78 is 5.70. The van der Waals surface area contributed by atoms with Crippen LogP contribution in [-0.2, 0) is 6.61 Å². The first kappa shape index (κ1) is 16.5. The Bertz CT molecular complexity index is 695. The number of benzene rings is 1. The van der Waals surface area contributed by atoms with Gasteiger partial charge in [-0.3, -0.25) is 9.78 Å². The highest BCUT2D eigenvalue weighted by Gasteiger charge is 2.14. The number of hydrogen-bond donors (Lipinski definition) is 0. The van der Waals surface area contributed by atoms with E-state index in [4.69, 9.17) is 10.00 Å². The normalized spacial score (nSPS) is 11.3. The molecule has 0 saturated carbocycles. The number of pyridine rings is 1. The number of nitriles is 1. The number of ether oxygens (including phenoxy) is 1. The molecule has 0 bridgehead atoms. The van der Waals surface area contributed by atoms with Gasteiger partial charge in [0.2, 0.25) is 0 Å². The van der Waals surface area contributed by atoms with Gasteiger partial charge < -0.3 is 9.64 Å². The molecule has 0 radical (unpaired) electrons. The van der Waals surface area contributed by atoms with Gasteiger partial charge in [0.1, 0.15) is 12.4 Å². The second kappa shape index (κ2) is 7.95. The Morgan fingerprint density at radius 3 is 2.91 bits per heavy atom. The summed E-state index contributed by atoms with van der Waals surface area (Å²) in [6.45, 7) is 2.58. The molecule has 0 saturated heterocycles. The summed E-state index contributed by atoms with van der Waals surface area (Å²) in [6.07, 6.45) is 3.45. The number of nitrogens with zero attached hydrogens (tertiary/aromatic N) is 3. The van der Waals surface area contributed by atoms with Crippen molar-refractivity contribution in [2.24, 2.45) is 5.92 Å². The molecule has 0 fully saturated rings. The van der Waals surface area contributed by atoms with Crippen molar-refractivity contribution in [2.75, 3.05) is 13.6 Å². The van der Waals surface area contributed by atoms with Crippen LogP contribution in [0.25, 0.3) is 0 Å². The average molecular weight is 309 g/mol. The molecule has 0 unspecified atom stereocenters. The maximum atomic E-state index is 12.4. The van der Waals surface area contributed by atoms with Crippen LogP contribution in [0, 0.1) is 17.2 Å². The van der Waals surface area contributed by atoms with E-state index >= 15 is 0 Å². The minimum absolute atomic E-state index is 0.126. The van der Waals surface area contributed by atoms with E-state index in [-0.39, 0.29) is 11.8 Å². The summed E-state index contributed by atoms with van der Waals surface area (Å²) in [7, 11) is 1.69. The SMILES string of the molecule is C[C@@H](C#N)CN(C)C(=O)c1cccc(OCc2cccnc2)c1. The predicted octanol–water partition coefficient (Wildman–Crippen LogP) is 2.89.